The molecule has 2 N–H and O–H groups in total. The molecule has 16 heavy (non-hydrogen) atoms. The van der Waals surface area contributed by atoms with Crippen LogP contribution in [0.25, 0.3) is 0 Å². The molecule has 3 heteroatoms. The lowest BCUT2D eigenvalue weighted by Gasteiger charge is -2.15. The molecule has 0 atom stereocenters. The Morgan fingerprint density at radius 1 is 1.19 bits per heavy atom. The first kappa shape index (κ1) is 12.6. The number of carbonyl (C=O) groups excluding carboxylic acids is 1. The van der Waals surface area contributed by atoms with Crippen molar-refractivity contribution in [3.8, 4) is 0 Å². The number of amides is 2. The quantitative estimate of drug-likeness (QED) is 0.787. The maximum Gasteiger partial charge on any atom is 0.315 e. The van der Waals surface area contributed by atoms with Gasteiger partial charge in [-0.1, -0.05) is 44.2 Å². The molecule has 0 spiro atoms. The maximum atomic E-state index is 11.5. The van der Waals surface area contributed by atoms with E-state index in [1.807, 2.05) is 30.3 Å². The largest absolute Gasteiger partial charge is 0.335 e. The molecule has 0 radical (unpaired) electrons. The van der Waals surface area contributed by atoms with Crippen LogP contribution in [0.15, 0.2) is 30.3 Å². The summed E-state index contributed by atoms with van der Waals surface area (Å²) in [4.78, 5) is 11.5. The Morgan fingerprint density at radius 3 is 2.38 bits per heavy atom. The zero-order chi connectivity index (χ0) is 11.8. The van der Waals surface area contributed by atoms with E-state index >= 15 is 0 Å². The van der Waals surface area contributed by atoms with Crippen LogP contribution in [0.3, 0.4) is 0 Å². The number of nitrogens with one attached hydrogen (secondary N) is 2. The molecule has 0 aromatic heterocycles. The van der Waals surface area contributed by atoms with E-state index in [4.69, 9.17) is 0 Å². The molecule has 0 aliphatic heterocycles. The molecule has 0 heterocycles. The molecule has 1 aromatic carbocycles. The molecule has 2 amide bonds. The smallest absolute Gasteiger partial charge is 0.315 e. The first-order chi connectivity index (χ1) is 7.76. The van der Waals surface area contributed by atoms with E-state index in [-0.39, 0.29) is 12.1 Å². The Hall–Kier alpha value is -1.51. The Bertz CT molecular complexity index is 307. The van der Waals surface area contributed by atoms with Crippen molar-refractivity contribution in [2.45, 2.75) is 39.3 Å². The van der Waals surface area contributed by atoms with Crippen LogP contribution in [0, 0.1) is 0 Å². The van der Waals surface area contributed by atoms with E-state index < -0.39 is 0 Å². The van der Waals surface area contributed by atoms with Gasteiger partial charge in [-0.05, 0) is 18.4 Å². The van der Waals surface area contributed by atoms with Gasteiger partial charge < -0.3 is 10.6 Å². The van der Waals surface area contributed by atoms with Gasteiger partial charge in [-0.3, -0.25) is 0 Å². The van der Waals surface area contributed by atoms with Gasteiger partial charge in [0.25, 0.3) is 0 Å². The Labute approximate surface area is 97.2 Å². The van der Waals surface area contributed by atoms with Gasteiger partial charge in [0.15, 0.2) is 0 Å². The van der Waals surface area contributed by atoms with Crippen molar-refractivity contribution in [2.75, 3.05) is 0 Å². The number of benzene rings is 1. The number of rotatable bonds is 5. The molecule has 1 aromatic rings. The highest BCUT2D eigenvalue weighted by Gasteiger charge is 2.06. The summed E-state index contributed by atoms with van der Waals surface area (Å²) in [5.41, 5.74) is 1.11. The SMILES string of the molecule is CCC(CC)NC(=O)NCc1ccccc1. The van der Waals surface area contributed by atoms with Gasteiger partial charge in [-0.2, -0.15) is 0 Å². The minimum absolute atomic E-state index is 0.0856. The third-order valence-electron chi connectivity index (χ3n) is 2.62. The first-order valence-corrected chi connectivity index (χ1v) is 5.84. The van der Waals surface area contributed by atoms with Gasteiger partial charge in [-0.15, -0.1) is 0 Å². The molecule has 0 bridgehead atoms. The van der Waals surface area contributed by atoms with Crippen molar-refractivity contribution >= 4 is 6.03 Å². The average Bonchev–Trinajstić information content (AvgIpc) is 2.34. The molecule has 3 nitrogen and oxygen atoms in total. The summed E-state index contributed by atoms with van der Waals surface area (Å²) in [5, 5.41) is 5.78. The number of urea groups is 1. The van der Waals surface area contributed by atoms with E-state index in [1.165, 1.54) is 0 Å². The van der Waals surface area contributed by atoms with E-state index in [2.05, 4.69) is 24.5 Å². The Balaban J connectivity index is 2.30. The third kappa shape index (κ3) is 4.34. The zero-order valence-electron chi connectivity index (χ0n) is 9.99. The van der Waals surface area contributed by atoms with Crippen LogP contribution >= 0.6 is 0 Å². The lowest BCUT2D eigenvalue weighted by Crippen LogP contribution is -2.41. The van der Waals surface area contributed by atoms with Gasteiger partial charge in [0, 0.05) is 12.6 Å². The normalized spacial score (nSPS) is 10.2. The van der Waals surface area contributed by atoms with Crippen molar-refractivity contribution in [1.82, 2.24) is 10.6 Å². The standard InChI is InChI=1S/C13H20N2O/c1-3-12(4-2)15-13(16)14-10-11-8-6-5-7-9-11/h5-9,12H,3-4,10H2,1-2H3,(H2,14,15,16). The Morgan fingerprint density at radius 2 is 1.81 bits per heavy atom. The minimum atomic E-state index is -0.0856. The van der Waals surface area contributed by atoms with Crippen LogP contribution in [-0.2, 0) is 6.54 Å². The predicted molar refractivity (Wildman–Crippen MR) is 66.2 cm³/mol. The molecule has 0 aliphatic carbocycles. The summed E-state index contributed by atoms with van der Waals surface area (Å²) in [6, 6.07) is 10.1. The van der Waals surface area contributed by atoms with Gasteiger partial charge in [-0.25, -0.2) is 4.79 Å². The lowest BCUT2D eigenvalue weighted by atomic mass is 10.2. The average molecular weight is 220 g/mol. The van der Waals surface area contributed by atoms with Crippen molar-refractivity contribution in [3.63, 3.8) is 0 Å². The second-order valence-corrected chi connectivity index (χ2v) is 3.83. The molecular formula is C13H20N2O. The van der Waals surface area contributed by atoms with Gasteiger partial charge in [0.05, 0.1) is 0 Å². The van der Waals surface area contributed by atoms with E-state index in [0.29, 0.717) is 6.54 Å². The molecule has 0 saturated carbocycles. The molecule has 0 aliphatic rings. The van der Waals surface area contributed by atoms with E-state index in [0.717, 1.165) is 18.4 Å². The van der Waals surface area contributed by atoms with E-state index in [9.17, 15) is 4.79 Å². The summed E-state index contributed by atoms with van der Waals surface area (Å²) >= 11 is 0. The van der Waals surface area contributed by atoms with Crippen LogP contribution in [-0.4, -0.2) is 12.1 Å². The van der Waals surface area contributed by atoms with Crippen LogP contribution in [0.2, 0.25) is 0 Å². The van der Waals surface area contributed by atoms with Crippen molar-refractivity contribution < 1.29 is 4.79 Å². The fourth-order valence-electron chi connectivity index (χ4n) is 1.51. The molecule has 0 fully saturated rings. The van der Waals surface area contributed by atoms with Crippen LogP contribution in [0.4, 0.5) is 4.79 Å². The van der Waals surface area contributed by atoms with Gasteiger partial charge in [0.1, 0.15) is 0 Å². The van der Waals surface area contributed by atoms with Crippen molar-refractivity contribution in [1.29, 1.82) is 0 Å². The summed E-state index contributed by atoms with van der Waals surface area (Å²) in [6.07, 6.45) is 1.94. The zero-order valence-corrected chi connectivity index (χ0v) is 9.99. The van der Waals surface area contributed by atoms with Crippen LogP contribution in [0.5, 0.6) is 0 Å². The molecule has 0 saturated heterocycles. The van der Waals surface area contributed by atoms with Gasteiger partial charge in [0.2, 0.25) is 0 Å². The summed E-state index contributed by atoms with van der Waals surface area (Å²) in [7, 11) is 0. The number of hydrogen-bond donors (Lipinski definition) is 2. The fraction of sp³-hybridized carbons (Fsp3) is 0.462. The van der Waals surface area contributed by atoms with Crippen LogP contribution < -0.4 is 10.6 Å². The highest BCUT2D eigenvalue weighted by Crippen LogP contribution is 1.98. The third-order valence-corrected chi connectivity index (χ3v) is 2.62. The predicted octanol–water partition coefficient (Wildman–Crippen LogP) is 2.67. The van der Waals surface area contributed by atoms with Crippen LogP contribution in [0.1, 0.15) is 32.3 Å². The Kier molecular flexibility index (Phi) is 5.40. The minimum Gasteiger partial charge on any atom is -0.335 e. The van der Waals surface area contributed by atoms with Crippen molar-refractivity contribution in [3.05, 3.63) is 35.9 Å². The van der Waals surface area contributed by atoms with Gasteiger partial charge >= 0.3 is 6.03 Å². The number of hydrogen-bond acceptors (Lipinski definition) is 1. The maximum absolute atomic E-state index is 11.5. The summed E-state index contributed by atoms with van der Waals surface area (Å²) in [6.45, 7) is 4.73. The highest BCUT2D eigenvalue weighted by molar-refractivity contribution is 5.74. The number of carbonyl (C=O) groups is 1. The first-order valence-electron chi connectivity index (χ1n) is 5.84. The lowest BCUT2D eigenvalue weighted by molar-refractivity contribution is 0.235. The summed E-state index contributed by atoms with van der Waals surface area (Å²) in [5.74, 6) is 0. The summed E-state index contributed by atoms with van der Waals surface area (Å²) < 4.78 is 0. The second-order valence-electron chi connectivity index (χ2n) is 3.83. The molecule has 1 rings (SSSR count). The molecular weight excluding hydrogens is 200 g/mol. The second kappa shape index (κ2) is 6.88. The topological polar surface area (TPSA) is 41.1 Å². The highest BCUT2D eigenvalue weighted by atomic mass is 16.2. The van der Waals surface area contributed by atoms with E-state index in [1.54, 1.807) is 0 Å². The molecule has 88 valence electrons. The fourth-order valence-corrected chi connectivity index (χ4v) is 1.51. The monoisotopic (exact) mass is 220 g/mol. The van der Waals surface area contributed by atoms with Crippen molar-refractivity contribution in [2.24, 2.45) is 0 Å². The molecule has 0 unspecified atom stereocenters.